The van der Waals surface area contributed by atoms with Crippen molar-refractivity contribution >= 4 is 29.0 Å². The highest BCUT2D eigenvalue weighted by molar-refractivity contribution is 6.13. The number of rotatable bonds is 7. The molecule has 1 aliphatic carbocycles. The fourth-order valence-corrected chi connectivity index (χ4v) is 6.49. The van der Waals surface area contributed by atoms with Crippen LogP contribution in [0.5, 0.6) is 0 Å². The number of hydrazine groups is 1. The minimum absolute atomic E-state index is 0.246. The molecule has 6 rings (SSSR count). The number of ether oxygens (including phenoxy) is 1. The number of aromatic nitrogens is 1. The van der Waals surface area contributed by atoms with Gasteiger partial charge in [-0.15, -0.1) is 0 Å². The van der Waals surface area contributed by atoms with Crippen LogP contribution in [0.3, 0.4) is 0 Å². The Kier molecular flexibility index (Phi) is 7.23. The number of carbonyl (C=O) groups is 2. The molecule has 41 heavy (non-hydrogen) atoms. The number of benzene rings is 2. The summed E-state index contributed by atoms with van der Waals surface area (Å²) in [6.45, 7) is 7.35. The number of hydrogen-bond donors (Lipinski definition) is 2. The summed E-state index contributed by atoms with van der Waals surface area (Å²) in [5.41, 5.74) is 11.8. The standard InChI is InChI=1S/C32H36N6O3/c1-4-34-30(33)29-25(18-26(36(29)3)22-16-20(2)17-22)21-10-12-23(13-11-21)35-31(39)28-27-19-41-15-14-37(27)38(32(28)40)24-8-6-5-7-9-24/h4-13,18,20,22,27-28H,1,14-17,19H2,2-3H3,(H2,33,34)(H,35,39). The minimum Gasteiger partial charge on any atom is -0.382 e. The van der Waals surface area contributed by atoms with Gasteiger partial charge in [-0.2, -0.15) is 0 Å². The molecule has 3 aromatic rings. The molecule has 2 atom stereocenters. The van der Waals surface area contributed by atoms with Gasteiger partial charge in [0.1, 0.15) is 11.8 Å². The first-order valence-corrected chi connectivity index (χ1v) is 14.2. The third kappa shape index (κ3) is 4.85. The van der Waals surface area contributed by atoms with E-state index < -0.39 is 5.92 Å². The molecule has 0 radical (unpaired) electrons. The minimum atomic E-state index is -0.877. The lowest BCUT2D eigenvalue weighted by molar-refractivity contribution is -0.130. The highest BCUT2D eigenvalue weighted by Crippen LogP contribution is 2.43. The summed E-state index contributed by atoms with van der Waals surface area (Å²) in [4.78, 5) is 31.4. The average molecular weight is 553 g/mol. The van der Waals surface area contributed by atoms with E-state index in [1.807, 2.05) is 66.7 Å². The van der Waals surface area contributed by atoms with Gasteiger partial charge in [-0.25, -0.2) is 15.0 Å². The number of carbonyl (C=O) groups excluding carboxylic acids is 2. The SMILES string of the molecule is C=CN=C(N)c1c(-c2ccc(NC(=O)C3C(=O)N(c4ccccc4)N4CCOCC34)cc2)cc(C2CC(C)C2)n1C. The maximum atomic E-state index is 13.6. The normalized spacial score (nSPS) is 24.6. The Morgan fingerprint density at radius 2 is 1.88 bits per heavy atom. The summed E-state index contributed by atoms with van der Waals surface area (Å²) in [7, 11) is 2.03. The molecule has 3 fully saturated rings. The van der Waals surface area contributed by atoms with Crippen molar-refractivity contribution in [3.8, 4) is 11.1 Å². The van der Waals surface area contributed by atoms with Crippen molar-refractivity contribution in [3.63, 3.8) is 0 Å². The molecule has 2 aromatic carbocycles. The molecule has 1 aromatic heterocycles. The smallest absolute Gasteiger partial charge is 0.255 e. The van der Waals surface area contributed by atoms with Crippen LogP contribution in [0, 0.1) is 11.8 Å². The van der Waals surface area contributed by atoms with Crippen LogP contribution < -0.4 is 16.1 Å². The number of nitrogens with two attached hydrogens (primary N) is 1. The summed E-state index contributed by atoms with van der Waals surface area (Å²) < 4.78 is 7.82. The van der Waals surface area contributed by atoms with E-state index in [1.54, 1.807) is 5.01 Å². The second-order valence-electron chi connectivity index (χ2n) is 11.2. The molecule has 3 N–H and O–H groups in total. The van der Waals surface area contributed by atoms with Crippen LogP contribution in [0.15, 0.2) is 78.4 Å². The highest BCUT2D eigenvalue weighted by atomic mass is 16.5. The van der Waals surface area contributed by atoms with Crippen molar-refractivity contribution in [2.75, 3.05) is 30.1 Å². The van der Waals surface area contributed by atoms with Crippen LogP contribution in [-0.4, -0.2) is 53.0 Å². The highest BCUT2D eigenvalue weighted by Gasteiger charge is 2.52. The topological polar surface area (TPSA) is 105 Å². The second-order valence-corrected chi connectivity index (χ2v) is 11.2. The number of nitrogens with zero attached hydrogens (tertiary/aromatic N) is 4. The van der Waals surface area contributed by atoms with Gasteiger partial charge in [-0.1, -0.05) is 43.8 Å². The molecule has 212 valence electrons. The summed E-state index contributed by atoms with van der Waals surface area (Å²) in [6.07, 6.45) is 3.77. The molecule has 2 aliphatic heterocycles. The second kappa shape index (κ2) is 11.0. The summed E-state index contributed by atoms with van der Waals surface area (Å²) in [6, 6.07) is 18.9. The number of nitrogens with one attached hydrogen (secondary N) is 1. The van der Waals surface area contributed by atoms with E-state index in [0.29, 0.717) is 37.2 Å². The maximum Gasteiger partial charge on any atom is 0.255 e. The van der Waals surface area contributed by atoms with E-state index in [1.165, 1.54) is 11.9 Å². The van der Waals surface area contributed by atoms with Gasteiger partial charge < -0.3 is 20.4 Å². The lowest BCUT2D eigenvalue weighted by atomic mass is 9.74. The van der Waals surface area contributed by atoms with E-state index in [-0.39, 0.29) is 17.9 Å². The Labute approximate surface area is 240 Å². The van der Waals surface area contributed by atoms with Crippen molar-refractivity contribution in [2.45, 2.75) is 31.7 Å². The third-order valence-corrected chi connectivity index (χ3v) is 8.53. The molecule has 2 amide bonds. The molecule has 0 spiro atoms. The summed E-state index contributed by atoms with van der Waals surface area (Å²) >= 11 is 0. The van der Waals surface area contributed by atoms with Crippen molar-refractivity contribution in [2.24, 2.45) is 29.6 Å². The summed E-state index contributed by atoms with van der Waals surface area (Å²) in [5, 5.41) is 6.57. The van der Waals surface area contributed by atoms with Gasteiger partial charge >= 0.3 is 0 Å². The number of para-hydroxylation sites is 1. The van der Waals surface area contributed by atoms with Crippen LogP contribution in [0.1, 0.15) is 37.1 Å². The number of amides is 2. The Bertz CT molecular complexity index is 1490. The Balaban J connectivity index is 1.24. The Morgan fingerprint density at radius 3 is 2.56 bits per heavy atom. The fraction of sp³-hybridized carbons (Fsp3) is 0.344. The van der Waals surface area contributed by atoms with Gasteiger partial charge in [0.05, 0.1) is 30.6 Å². The average Bonchev–Trinajstić information content (AvgIpc) is 3.45. The Hall–Kier alpha value is -4.21. The molecule has 9 heteroatoms. The molecule has 9 nitrogen and oxygen atoms in total. The molecule has 0 bridgehead atoms. The molecule has 2 unspecified atom stereocenters. The van der Waals surface area contributed by atoms with Crippen LogP contribution in [0.4, 0.5) is 11.4 Å². The zero-order chi connectivity index (χ0) is 28.7. The van der Waals surface area contributed by atoms with Crippen molar-refractivity contribution < 1.29 is 14.3 Å². The van der Waals surface area contributed by atoms with Gasteiger partial charge in [0, 0.05) is 36.7 Å². The van der Waals surface area contributed by atoms with Gasteiger partial charge in [0.2, 0.25) is 5.91 Å². The number of amidine groups is 1. The maximum absolute atomic E-state index is 13.6. The van der Waals surface area contributed by atoms with Crippen LogP contribution >= 0.6 is 0 Å². The number of anilines is 2. The predicted molar refractivity (Wildman–Crippen MR) is 160 cm³/mol. The van der Waals surface area contributed by atoms with E-state index in [4.69, 9.17) is 10.5 Å². The number of aliphatic imine (C=N–C) groups is 1. The van der Waals surface area contributed by atoms with E-state index in [2.05, 4.69) is 34.4 Å². The first kappa shape index (κ1) is 27.0. The molecular formula is C32H36N6O3. The van der Waals surface area contributed by atoms with Gasteiger partial charge in [-0.3, -0.25) is 9.59 Å². The van der Waals surface area contributed by atoms with Gasteiger partial charge in [0.15, 0.2) is 0 Å². The molecule has 3 aliphatic rings. The number of hydrogen-bond acceptors (Lipinski definition) is 5. The van der Waals surface area contributed by atoms with Crippen molar-refractivity contribution in [1.29, 1.82) is 0 Å². The number of fused-ring (bicyclic) bond motifs is 1. The Morgan fingerprint density at radius 1 is 1.15 bits per heavy atom. The van der Waals surface area contributed by atoms with E-state index >= 15 is 0 Å². The molecule has 2 saturated heterocycles. The first-order valence-electron chi connectivity index (χ1n) is 14.2. The predicted octanol–water partition coefficient (Wildman–Crippen LogP) is 4.27. The van der Waals surface area contributed by atoms with Crippen LogP contribution in [0.25, 0.3) is 11.1 Å². The van der Waals surface area contributed by atoms with E-state index in [0.717, 1.165) is 41.3 Å². The molecule has 1 saturated carbocycles. The van der Waals surface area contributed by atoms with Crippen LogP contribution in [-0.2, 0) is 21.4 Å². The van der Waals surface area contributed by atoms with Gasteiger partial charge in [-0.05, 0) is 60.6 Å². The zero-order valence-corrected chi connectivity index (χ0v) is 23.5. The fourth-order valence-electron chi connectivity index (χ4n) is 6.49. The van der Waals surface area contributed by atoms with Gasteiger partial charge in [0.25, 0.3) is 5.91 Å². The molecule has 3 heterocycles. The monoisotopic (exact) mass is 552 g/mol. The largest absolute Gasteiger partial charge is 0.382 e. The third-order valence-electron chi connectivity index (χ3n) is 8.53. The van der Waals surface area contributed by atoms with E-state index in [9.17, 15) is 9.59 Å². The van der Waals surface area contributed by atoms with Crippen molar-refractivity contribution in [3.05, 3.63) is 84.8 Å². The van der Waals surface area contributed by atoms with Crippen molar-refractivity contribution in [1.82, 2.24) is 9.58 Å². The first-order chi connectivity index (χ1) is 19.9. The lowest BCUT2D eigenvalue weighted by Gasteiger charge is -2.35. The summed E-state index contributed by atoms with van der Waals surface area (Å²) in [5.74, 6) is 0.173. The lowest BCUT2D eigenvalue weighted by Crippen LogP contribution is -2.50. The number of morpholine rings is 1. The molecular weight excluding hydrogens is 516 g/mol. The zero-order valence-electron chi connectivity index (χ0n) is 23.5. The quantitative estimate of drug-likeness (QED) is 0.259. The van der Waals surface area contributed by atoms with Crippen LogP contribution in [0.2, 0.25) is 0 Å².